The van der Waals surface area contributed by atoms with Gasteiger partial charge in [0.1, 0.15) is 16.9 Å². The van der Waals surface area contributed by atoms with Crippen molar-refractivity contribution in [1.29, 1.82) is 0 Å². The first-order valence-corrected chi connectivity index (χ1v) is 12.3. The van der Waals surface area contributed by atoms with E-state index in [0.717, 1.165) is 18.9 Å². The highest BCUT2D eigenvalue weighted by atomic mass is 32.2. The van der Waals surface area contributed by atoms with Gasteiger partial charge in [-0.2, -0.15) is 13.2 Å². The summed E-state index contributed by atoms with van der Waals surface area (Å²) in [5.74, 6) is -0.723. The average Bonchev–Trinajstić information content (AvgIpc) is 3.57. The smallest absolute Gasteiger partial charge is 0.324 e. The Morgan fingerprint density at radius 3 is 2.47 bits per heavy atom. The number of nitrogens with one attached hydrogen (secondary N) is 1. The second-order valence-corrected chi connectivity index (χ2v) is 10.3. The maximum absolute atomic E-state index is 13.5. The van der Waals surface area contributed by atoms with Gasteiger partial charge >= 0.3 is 6.18 Å². The number of anilines is 1. The normalized spacial score (nSPS) is 14.5. The van der Waals surface area contributed by atoms with Gasteiger partial charge in [-0.1, -0.05) is 6.92 Å². The molecule has 0 aromatic carbocycles. The first-order valence-electron chi connectivity index (χ1n) is 10.6. The second kappa shape index (κ2) is 8.22. The molecule has 4 rings (SSSR count). The number of hydrogen-bond acceptors (Lipinski definition) is 6. The Bertz CT molecular complexity index is 1470. The summed E-state index contributed by atoms with van der Waals surface area (Å²) in [5.41, 5.74) is -2.34. The molecule has 0 unspecified atom stereocenters. The summed E-state index contributed by atoms with van der Waals surface area (Å²) in [7, 11) is -2.47. The summed E-state index contributed by atoms with van der Waals surface area (Å²) < 4.78 is 68.1. The number of hydrogen-bond donors (Lipinski definition) is 1. The van der Waals surface area contributed by atoms with E-state index in [9.17, 15) is 31.2 Å². The number of aromatic nitrogens is 4. The fraction of sp³-hybridized carbons (Fsp3) is 0.429. The SMILES string of the molecule is CCn1c(C(F)(F)F)cc2nc(-c3ncc(NC(=O)C4CC4)cc3S(=O)(=O)CC)n(C)c2c1=O. The van der Waals surface area contributed by atoms with Gasteiger partial charge in [0.15, 0.2) is 15.7 Å². The number of sulfone groups is 1. The highest BCUT2D eigenvalue weighted by molar-refractivity contribution is 7.91. The highest BCUT2D eigenvalue weighted by Gasteiger charge is 2.36. The molecule has 0 aliphatic heterocycles. The third kappa shape index (κ3) is 4.08. The zero-order valence-corrected chi connectivity index (χ0v) is 19.4. The molecule has 1 aliphatic carbocycles. The van der Waals surface area contributed by atoms with Gasteiger partial charge in [0.05, 0.1) is 28.0 Å². The Labute approximate surface area is 192 Å². The molecule has 3 aromatic heterocycles. The molecule has 1 saturated carbocycles. The monoisotopic (exact) mass is 497 g/mol. The van der Waals surface area contributed by atoms with Crippen molar-refractivity contribution in [3.8, 4) is 11.5 Å². The lowest BCUT2D eigenvalue weighted by Gasteiger charge is -2.14. The molecule has 0 atom stereocenters. The average molecular weight is 497 g/mol. The summed E-state index contributed by atoms with van der Waals surface area (Å²) in [6.07, 6.45) is -2.01. The van der Waals surface area contributed by atoms with Gasteiger partial charge in [0, 0.05) is 19.5 Å². The Balaban J connectivity index is 1.94. The molecule has 1 N–H and O–H groups in total. The van der Waals surface area contributed by atoms with Crippen LogP contribution in [-0.4, -0.2) is 39.2 Å². The molecule has 0 spiro atoms. The van der Waals surface area contributed by atoms with Crippen LogP contribution >= 0.6 is 0 Å². The number of halogens is 3. The van der Waals surface area contributed by atoms with Crippen LogP contribution < -0.4 is 10.9 Å². The molecular formula is C21H22F3N5O4S. The molecule has 182 valence electrons. The molecule has 1 aliphatic rings. The molecule has 3 heterocycles. The maximum atomic E-state index is 13.5. The summed E-state index contributed by atoms with van der Waals surface area (Å²) in [6, 6.07) is 2.02. The quantitative estimate of drug-likeness (QED) is 0.560. The van der Waals surface area contributed by atoms with Crippen LogP contribution in [0.15, 0.2) is 28.0 Å². The van der Waals surface area contributed by atoms with E-state index in [-0.39, 0.29) is 57.3 Å². The van der Waals surface area contributed by atoms with E-state index in [1.807, 2.05) is 0 Å². The molecule has 9 nitrogen and oxygen atoms in total. The van der Waals surface area contributed by atoms with Gasteiger partial charge in [0.25, 0.3) is 5.56 Å². The van der Waals surface area contributed by atoms with Crippen molar-refractivity contribution >= 4 is 32.5 Å². The Morgan fingerprint density at radius 1 is 1.24 bits per heavy atom. The molecule has 3 aromatic rings. The lowest BCUT2D eigenvalue weighted by molar-refractivity contribution is -0.144. The predicted molar refractivity (Wildman–Crippen MR) is 118 cm³/mol. The Hall–Kier alpha value is -3.22. The number of alkyl halides is 3. The summed E-state index contributed by atoms with van der Waals surface area (Å²) >= 11 is 0. The number of pyridine rings is 2. The number of aryl methyl sites for hydroxylation is 1. The Morgan fingerprint density at radius 2 is 1.91 bits per heavy atom. The fourth-order valence-electron chi connectivity index (χ4n) is 3.74. The van der Waals surface area contributed by atoms with E-state index < -0.39 is 27.3 Å². The number of fused-ring (bicyclic) bond motifs is 1. The van der Waals surface area contributed by atoms with Crippen molar-refractivity contribution in [2.45, 2.75) is 44.3 Å². The fourth-order valence-corrected chi connectivity index (χ4v) is 4.80. The lowest BCUT2D eigenvalue weighted by Crippen LogP contribution is -2.28. The number of nitrogens with zero attached hydrogens (tertiary/aromatic N) is 4. The van der Waals surface area contributed by atoms with E-state index >= 15 is 0 Å². The van der Waals surface area contributed by atoms with Crippen LogP contribution in [0.5, 0.6) is 0 Å². The summed E-state index contributed by atoms with van der Waals surface area (Å²) in [6.45, 7) is 2.63. The van der Waals surface area contributed by atoms with E-state index in [2.05, 4.69) is 15.3 Å². The third-order valence-corrected chi connectivity index (χ3v) is 7.48. The van der Waals surface area contributed by atoms with Gasteiger partial charge in [-0.05, 0) is 31.9 Å². The van der Waals surface area contributed by atoms with Crippen molar-refractivity contribution in [2.75, 3.05) is 11.1 Å². The second-order valence-electron chi connectivity index (χ2n) is 8.04. The Kier molecular flexibility index (Phi) is 5.78. The number of rotatable bonds is 6. The minimum atomic E-state index is -4.78. The third-order valence-electron chi connectivity index (χ3n) is 5.74. The molecule has 0 saturated heterocycles. The number of carbonyl (C=O) groups excluding carboxylic acids is 1. The van der Waals surface area contributed by atoms with Crippen molar-refractivity contribution < 1.29 is 26.4 Å². The molecule has 34 heavy (non-hydrogen) atoms. The number of imidazole rings is 1. The molecular weight excluding hydrogens is 475 g/mol. The van der Waals surface area contributed by atoms with Crippen molar-refractivity contribution in [3.05, 3.63) is 34.4 Å². The largest absolute Gasteiger partial charge is 0.431 e. The predicted octanol–water partition coefficient (Wildman–Crippen LogP) is 2.98. The van der Waals surface area contributed by atoms with E-state index in [0.29, 0.717) is 4.57 Å². The van der Waals surface area contributed by atoms with Crippen molar-refractivity contribution in [1.82, 2.24) is 19.1 Å². The van der Waals surface area contributed by atoms with Crippen molar-refractivity contribution in [3.63, 3.8) is 0 Å². The van der Waals surface area contributed by atoms with Gasteiger partial charge < -0.3 is 14.5 Å². The molecule has 0 bridgehead atoms. The van der Waals surface area contributed by atoms with Crippen LogP contribution in [0, 0.1) is 5.92 Å². The highest BCUT2D eigenvalue weighted by Crippen LogP contribution is 2.34. The molecule has 0 radical (unpaired) electrons. The number of amides is 1. The summed E-state index contributed by atoms with van der Waals surface area (Å²) in [5, 5.41) is 2.64. The van der Waals surface area contributed by atoms with Crippen LogP contribution in [0.2, 0.25) is 0 Å². The van der Waals surface area contributed by atoms with E-state index in [4.69, 9.17) is 0 Å². The van der Waals surface area contributed by atoms with Gasteiger partial charge in [0.2, 0.25) is 5.91 Å². The van der Waals surface area contributed by atoms with Gasteiger partial charge in [-0.3, -0.25) is 9.59 Å². The van der Waals surface area contributed by atoms with Crippen LogP contribution in [0.1, 0.15) is 32.4 Å². The summed E-state index contributed by atoms with van der Waals surface area (Å²) in [4.78, 5) is 33.1. The minimum absolute atomic E-state index is 0.0822. The van der Waals surface area contributed by atoms with Crippen LogP contribution in [0.3, 0.4) is 0 Å². The van der Waals surface area contributed by atoms with Crippen LogP contribution in [-0.2, 0) is 34.4 Å². The maximum Gasteiger partial charge on any atom is 0.431 e. The van der Waals surface area contributed by atoms with Crippen LogP contribution in [0.4, 0.5) is 18.9 Å². The van der Waals surface area contributed by atoms with Gasteiger partial charge in [-0.25, -0.2) is 18.4 Å². The van der Waals surface area contributed by atoms with Gasteiger partial charge in [-0.15, -0.1) is 0 Å². The molecule has 13 heteroatoms. The lowest BCUT2D eigenvalue weighted by atomic mass is 10.3. The zero-order valence-electron chi connectivity index (χ0n) is 18.6. The minimum Gasteiger partial charge on any atom is -0.324 e. The zero-order chi connectivity index (χ0) is 25.0. The first kappa shape index (κ1) is 23.9. The standard InChI is InChI=1S/C21H22F3N5O4S/c1-4-29-15(21(22,23)24)9-13-17(20(29)31)28(3)18(27-13)16-14(34(32,33)5-2)8-12(10-25-16)26-19(30)11-6-7-11/h8-11H,4-7H2,1-3H3,(H,26,30). The van der Waals surface area contributed by atoms with E-state index in [1.54, 1.807) is 0 Å². The topological polar surface area (TPSA) is 116 Å². The molecule has 1 fully saturated rings. The van der Waals surface area contributed by atoms with Crippen LogP contribution in [0.25, 0.3) is 22.6 Å². The number of carbonyl (C=O) groups is 1. The van der Waals surface area contributed by atoms with Crippen molar-refractivity contribution in [2.24, 2.45) is 13.0 Å². The first-order chi connectivity index (χ1) is 15.9. The van der Waals surface area contributed by atoms with E-state index in [1.165, 1.54) is 37.7 Å². The molecule has 1 amide bonds.